The van der Waals surface area contributed by atoms with Gasteiger partial charge in [-0.3, -0.25) is 0 Å². The van der Waals surface area contributed by atoms with Gasteiger partial charge in [0.05, 0.1) is 10.8 Å². The maximum atomic E-state index is 12.7. The molecule has 112 valence electrons. The molecule has 22 heavy (non-hydrogen) atoms. The fourth-order valence-corrected chi connectivity index (χ4v) is 5.73. The molecule has 0 saturated heterocycles. The number of fused-ring (bicyclic) bond motifs is 13. The van der Waals surface area contributed by atoms with Gasteiger partial charge in [-0.15, -0.1) is 0 Å². The Morgan fingerprint density at radius 1 is 0.636 bits per heavy atom. The monoisotopic (exact) mass is 296 g/mol. The highest BCUT2D eigenvalue weighted by Crippen LogP contribution is 2.57. The van der Waals surface area contributed by atoms with Gasteiger partial charge in [0.2, 0.25) is 0 Å². The molecule has 2 fully saturated rings. The van der Waals surface area contributed by atoms with E-state index >= 15 is 0 Å². The molecule has 0 N–H and O–H groups in total. The molecule has 4 atom stereocenters. The second-order valence-corrected chi connectivity index (χ2v) is 7.50. The van der Waals surface area contributed by atoms with Gasteiger partial charge in [0.15, 0.2) is 0 Å². The Labute approximate surface area is 126 Å². The lowest BCUT2D eigenvalue weighted by atomic mass is 9.89. The summed E-state index contributed by atoms with van der Waals surface area (Å²) >= 11 is 0. The Hall–Kier alpha value is -1.84. The third-order valence-corrected chi connectivity index (χ3v) is 6.56. The fourth-order valence-electron chi connectivity index (χ4n) is 5.73. The molecule has 4 unspecified atom stereocenters. The van der Waals surface area contributed by atoms with Crippen LogP contribution in [0.3, 0.4) is 0 Å². The largest absolute Gasteiger partial charge is 0.427 e. The first-order valence-electron chi connectivity index (χ1n) is 8.40. The Morgan fingerprint density at radius 2 is 1.05 bits per heavy atom. The Balaban J connectivity index is 1.83. The second-order valence-electron chi connectivity index (χ2n) is 7.50. The van der Waals surface area contributed by atoms with Gasteiger partial charge in [0.1, 0.15) is 11.5 Å². The van der Waals surface area contributed by atoms with Gasteiger partial charge >= 0.3 is 11.3 Å². The third kappa shape index (κ3) is 1.15. The van der Waals surface area contributed by atoms with E-state index in [1.807, 2.05) is 0 Å². The van der Waals surface area contributed by atoms with E-state index < -0.39 is 0 Å². The highest BCUT2D eigenvalue weighted by atomic mass is 16.4. The van der Waals surface area contributed by atoms with Crippen molar-refractivity contribution in [1.29, 1.82) is 0 Å². The number of hydrogen-bond acceptors (Lipinski definition) is 4. The quantitative estimate of drug-likeness (QED) is 0.746. The topological polar surface area (TPSA) is 60.4 Å². The van der Waals surface area contributed by atoms with Crippen LogP contribution in [0.25, 0.3) is 10.8 Å². The molecule has 2 heterocycles. The van der Waals surface area contributed by atoms with Crippen LogP contribution in [0.2, 0.25) is 0 Å². The van der Waals surface area contributed by atoms with Crippen molar-refractivity contribution in [3.63, 3.8) is 0 Å². The van der Waals surface area contributed by atoms with Gasteiger partial charge in [-0.1, -0.05) is 0 Å². The van der Waals surface area contributed by atoms with E-state index in [4.69, 9.17) is 8.83 Å². The summed E-state index contributed by atoms with van der Waals surface area (Å²) in [6.07, 6.45) is 6.41. The van der Waals surface area contributed by atoms with Gasteiger partial charge in [-0.2, -0.15) is 0 Å². The Morgan fingerprint density at radius 3 is 1.50 bits per heavy atom. The molecule has 4 aliphatic carbocycles. The van der Waals surface area contributed by atoms with Crippen LogP contribution in [0, 0.1) is 0 Å². The molecule has 2 saturated carbocycles. The van der Waals surface area contributed by atoms with Crippen molar-refractivity contribution in [3.05, 3.63) is 43.5 Å². The van der Waals surface area contributed by atoms with Crippen LogP contribution in [0.1, 0.15) is 84.8 Å². The van der Waals surface area contributed by atoms with Gasteiger partial charge in [-0.25, -0.2) is 9.59 Å². The van der Waals surface area contributed by atoms with E-state index in [2.05, 4.69) is 0 Å². The van der Waals surface area contributed by atoms with Crippen LogP contribution < -0.4 is 11.3 Å². The standard InChI is InChI=1S/C18H16O4/c19-17-13-11-7-1-3-9(5-7)15(11)21-18(20)14(13)12-8-2-4-10(6-8)16(12)22-17/h7-10H,1-6H2. The van der Waals surface area contributed by atoms with E-state index in [0.717, 1.165) is 61.2 Å². The van der Waals surface area contributed by atoms with Crippen LogP contribution in [0.4, 0.5) is 0 Å². The first kappa shape index (κ1) is 11.7. The summed E-state index contributed by atoms with van der Waals surface area (Å²) in [4.78, 5) is 25.3. The molecule has 0 aliphatic heterocycles. The second kappa shape index (κ2) is 3.55. The van der Waals surface area contributed by atoms with Crippen molar-refractivity contribution in [2.45, 2.75) is 62.2 Å². The highest BCUT2D eigenvalue weighted by molar-refractivity contribution is 5.89. The molecule has 4 aliphatic rings. The van der Waals surface area contributed by atoms with Crippen molar-refractivity contribution in [3.8, 4) is 0 Å². The lowest BCUT2D eigenvalue weighted by Gasteiger charge is -2.19. The average molecular weight is 296 g/mol. The molecular weight excluding hydrogens is 280 g/mol. The highest BCUT2D eigenvalue weighted by Gasteiger charge is 2.46. The van der Waals surface area contributed by atoms with Crippen LogP contribution in [0.5, 0.6) is 0 Å². The molecule has 4 nitrogen and oxygen atoms in total. The Kier molecular flexibility index (Phi) is 1.89. The van der Waals surface area contributed by atoms with Gasteiger partial charge in [0.25, 0.3) is 0 Å². The first-order chi connectivity index (χ1) is 10.7. The van der Waals surface area contributed by atoms with E-state index in [0.29, 0.717) is 34.4 Å². The minimum Gasteiger partial charge on any atom is -0.427 e. The molecule has 0 radical (unpaired) electrons. The minimum absolute atomic E-state index is 0.307. The van der Waals surface area contributed by atoms with E-state index in [9.17, 15) is 9.59 Å². The van der Waals surface area contributed by atoms with Crippen molar-refractivity contribution in [2.24, 2.45) is 0 Å². The zero-order valence-electron chi connectivity index (χ0n) is 12.2. The summed E-state index contributed by atoms with van der Waals surface area (Å²) in [6, 6.07) is 0. The average Bonchev–Trinajstić information content (AvgIpc) is 3.27. The van der Waals surface area contributed by atoms with Crippen molar-refractivity contribution >= 4 is 10.8 Å². The SMILES string of the molecule is O=c1oc2c(c3c(=O)oc4c(c13)C1CCC4C1)C1CCC2C1. The van der Waals surface area contributed by atoms with E-state index in [-0.39, 0.29) is 11.3 Å². The molecule has 4 bridgehead atoms. The maximum absolute atomic E-state index is 12.7. The zero-order chi connectivity index (χ0) is 14.6. The number of hydrogen-bond donors (Lipinski definition) is 0. The van der Waals surface area contributed by atoms with Crippen LogP contribution in [-0.4, -0.2) is 0 Å². The van der Waals surface area contributed by atoms with Gasteiger partial charge in [0, 0.05) is 23.0 Å². The lowest BCUT2D eigenvalue weighted by Crippen LogP contribution is -2.18. The molecular formula is C18H16O4. The van der Waals surface area contributed by atoms with Crippen molar-refractivity contribution in [1.82, 2.24) is 0 Å². The van der Waals surface area contributed by atoms with Crippen molar-refractivity contribution in [2.75, 3.05) is 0 Å². The van der Waals surface area contributed by atoms with Gasteiger partial charge < -0.3 is 8.83 Å². The Bertz CT molecular complexity index is 884. The normalized spacial score (nSPS) is 33.6. The maximum Gasteiger partial charge on any atom is 0.344 e. The molecule has 6 rings (SSSR count). The van der Waals surface area contributed by atoms with Crippen LogP contribution in [0.15, 0.2) is 18.4 Å². The first-order valence-corrected chi connectivity index (χ1v) is 8.40. The summed E-state index contributed by atoms with van der Waals surface area (Å²) in [7, 11) is 0. The molecule has 0 amide bonds. The molecule has 4 heteroatoms. The summed E-state index contributed by atoms with van der Waals surface area (Å²) in [5.74, 6) is 2.99. The predicted octanol–water partition coefficient (Wildman–Crippen LogP) is 3.48. The zero-order valence-corrected chi connectivity index (χ0v) is 12.2. The summed E-state index contributed by atoms with van der Waals surface area (Å²) in [6.45, 7) is 0. The summed E-state index contributed by atoms with van der Waals surface area (Å²) < 4.78 is 11.4. The minimum atomic E-state index is -0.307. The number of rotatable bonds is 0. The van der Waals surface area contributed by atoms with Gasteiger partial charge in [-0.05, 0) is 50.4 Å². The smallest absolute Gasteiger partial charge is 0.344 e. The van der Waals surface area contributed by atoms with Crippen LogP contribution in [-0.2, 0) is 0 Å². The third-order valence-electron chi connectivity index (χ3n) is 6.56. The summed E-state index contributed by atoms with van der Waals surface area (Å²) in [5.41, 5.74) is 1.39. The fraction of sp³-hybridized carbons (Fsp3) is 0.556. The van der Waals surface area contributed by atoms with Crippen LogP contribution >= 0.6 is 0 Å². The molecule has 2 aromatic heterocycles. The van der Waals surface area contributed by atoms with E-state index in [1.165, 1.54) is 0 Å². The van der Waals surface area contributed by atoms with E-state index in [1.54, 1.807) is 0 Å². The summed E-state index contributed by atoms with van der Waals surface area (Å²) in [5, 5.41) is 1.12. The lowest BCUT2D eigenvalue weighted by molar-refractivity contribution is 0.417. The molecule has 2 aromatic rings. The van der Waals surface area contributed by atoms with Crippen molar-refractivity contribution < 1.29 is 8.83 Å². The molecule has 0 aromatic carbocycles. The molecule has 0 spiro atoms. The predicted molar refractivity (Wildman–Crippen MR) is 79.7 cm³/mol.